The van der Waals surface area contributed by atoms with E-state index >= 15 is 0 Å². The summed E-state index contributed by atoms with van der Waals surface area (Å²) in [5, 5.41) is 15.0. The van der Waals surface area contributed by atoms with Gasteiger partial charge in [-0.15, -0.1) is 0 Å². The van der Waals surface area contributed by atoms with Gasteiger partial charge in [0.05, 0.1) is 23.0 Å². The quantitative estimate of drug-likeness (QED) is 0.173. The molecule has 2 heterocycles. The molecule has 3 N–H and O–H groups in total. The molecule has 5 aromatic rings. The van der Waals surface area contributed by atoms with Crippen molar-refractivity contribution in [2.45, 2.75) is 38.8 Å². The number of carbonyl (C=O) groups is 1. The third-order valence-electron chi connectivity index (χ3n) is 8.00. The van der Waals surface area contributed by atoms with Gasteiger partial charge in [0.1, 0.15) is 0 Å². The number of benzene rings is 4. The van der Waals surface area contributed by atoms with Crippen molar-refractivity contribution in [3.63, 3.8) is 0 Å². The van der Waals surface area contributed by atoms with Crippen LogP contribution in [0.2, 0.25) is 0 Å². The molecule has 4 aromatic carbocycles. The molecule has 6 heteroatoms. The number of aromatic hydroxyl groups is 1. The van der Waals surface area contributed by atoms with Crippen molar-refractivity contribution < 1.29 is 9.90 Å². The first kappa shape index (κ1) is 27.5. The predicted octanol–water partition coefficient (Wildman–Crippen LogP) is 7.52. The highest BCUT2D eigenvalue weighted by Gasteiger charge is 2.21. The zero-order valence-electron chi connectivity index (χ0n) is 23.9. The number of nitrogens with zero attached hydrogens (tertiary/aromatic N) is 2. The van der Waals surface area contributed by atoms with Crippen LogP contribution in [0.15, 0.2) is 108 Å². The van der Waals surface area contributed by atoms with Crippen LogP contribution in [-0.2, 0) is 6.54 Å². The SMILES string of the molecule is C[C@@H](NC(=O)c1ccc2[nH]c(O)c(C(=Nc3ccc(CN4CCCCC4)cc3)c3ccccc3)c2c1)c1ccccc1. The lowest BCUT2D eigenvalue weighted by molar-refractivity contribution is 0.0940. The first-order chi connectivity index (χ1) is 20.5. The average Bonchev–Trinajstić information content (AvgIpc) is 3.36. The summed E-state index contributed by atoms with van der Waals surface area (Å²) < 4.78 is 0. The summed E-state index contributed by atoms with van der Waals surface area (Å²) in [4.78, 5) is 23.9. The topological polar surface area (TPSA) is 80.7 Å². The van der Waals surface area contributed by atoms with E-state index in [1.165, 1.54) is 24.8 Å². The highest BCUT2D eigenvalue weighted by Crippen LogP contribution is 2.32. The lowest BCUT2D eigenvalue weighted by Crippen LogP contribution is -2.28. The second-order valence-corrected chi connectivity index (χ2v) is 11.0. The monoisotopic (exact) mass is 556 g/mol. The zero-order valence-corrected chi connectivity index (χ0v) is 23.9. The molecule has 1 aliphatic rings. The van der Waals surface area contributed by atoms with E-state index in [0.29, 0.717) is 16.8 Å². The first-order valence-corrected chi connectivity index (χ1v) is 14.7. The van der Waals surface area contributed by atoms with Crippen molar-refractivity contribution in [1.29, 1.82) is 0 Å². The van der Waals surface area contributed by atoms with Gasteiger partial charge in [0, 0.05) is 28.6 Å². The molecule has 0 unspecified atom stereocenters. The van der Waals surface area contributed by atoms with Crippen LogP contribution < -0.4 is 5.32 Å². The number of H-pyrrole nitrogens is 1. The van der Waals surface area contributed by atoms with Crippen LogP contribution in [0.4, 0.5) is 5.69 Å². The molecular formula is C36H36N4O2. The lowest BCUT2D eigenvalue weighted by atomic mass is 9.99. The minimum atomic E-state index is -0.178. The van der Waals surface area contributed by atoms with Crippen LogP contribution in [-0.4, -0.2) is 39.7 Å². The van der Waals surface area contributed by atoms with Gasteiger partial charge in [0.25, 0.3) is 5.91 Å². The molecule has 1 saturated heterocycles. The fourth-order valence-electron chi connectivity index (χ4n) is 5.71. The van der Waals surface area contributed by atoms with Gasteiger partial charge in [-0.05, 0) is 74.3 Å². The van der Waals surface area contributed by atoms with Gasteiger partial charge in [0.2, 0.25) is 0 Å². The molecule has 1 atom stereocenters. The molecule has 6 rings (SSSR count). The molecule has 0 saturated carbocycles. The van der Waals surface area contributed by atoms with E-state index in [2.05, 4.69) is 27.3 Å². The molecule has 42 heavy (non-hydrogen) atoms. The average molecular weight is 557 g/mol. The standard InChI is InChI=1S/C36H36N4O2/c1-25(27-11-5-2-6-12-27)37-35(41)29-17-20-32-31(23-29)33(36(42)39-32)34(28-13-7-3-8-14-28)38-30-18-15-26(16-19-30)24-40-21-9-4-10-22-40/h2-3,5-8,11-20,23,25,39,42H,4,9-10,21-22,24H2,1H3,(H,37,41)/t25-/m1/s1. The van der Waals surface area contributed by atoms with Crippen LogP contribution in [0.5, 0.6) is 5.88 Å². The fourth-order valence-corrected chi connectivity index (χ4v) is 5.71. The van der Waals surface area contributed by atoms with Crippen molar-refractivity contribution >= 4 is 28.2 Å². The molecule has 212 valence electrons. The van der Waals surface area contributed by atoms with Gasteiger partial charge in [-0.1, -0.05) is 79.2 Å². The smallest absolute Gasteiger partial charge is 0.251 e. The van der Waals surface area contributed by atoms with E-state index in [1.54, 1.807) is 6.07 Å². The van der Waals surface area contributed by atoms with E-state index in [4.69, 9.17) is 4.99 Å². The summed E-state index contributed by atoms with van der Waals surface area (Å²) >= 11 is 0. The van der Waals surface area contributed by atoms with Gasteiger partial charge in [-0.2, -0.15) is 0 Å². The predicted molar refractivity (Wildman–Crippen MR) is 170 cm³/mol. The van der Waals surface area contributed by atoms with Crippen LogP contribution >= 0.6 is 0 Å². The summed E-state index contributed by atoms with van der Waals surface area (Å²) in [6.07, 6.45) is 3.87. The Balaban J connectivity index is 1.34. The Kier molecular flexibility index (Phi) is 8.15. The van der Waals surface area contributed by atoms with E-state index < -0.39 is 0 Å². The number of rotatable bonds is 8. The molecule has 1 fully saturated rings. The number of hydrogen-bond acceptors (Lipinski definition) is 4. The molecule has 1 amide bonds. The summed E-state index contributed by atoms with van der Waals surface area (Å²) in [7, 11) is 0. The fraction of sp³-hybridized carbons (Fsp3) is 0.222. The Labute approximate surface area is 246 Å². The van der Waals surface area contributed by atoms with Crippen molar-refractivity contribution in [3.05, 3.63) is 131 Å². The Morgan fingerprint density at radius 3 is 2.29 bits per heavy atom. The number of nitrogens with one attached hydrogen (secondary N) is 2. The second kappa shape index (κ2) is 12.5. The number of piperidine rings is 1. The van der Waals surface area contributed by atoms with E-state index in [0.717, 1.165) is 47.4 Å². The second-order valence-electron chi connectivity index (χ2n) is 11.0. The number of fused-ring (bicyclic) bond motifs is 1. The van der Waals surface area contributed by atoms with Gasteiger partial charge in [0.15, 0.2) is 5.88 Å². The molecule has 0 aliphatic carbocycles. The molecule has 1 aliphatic heterocycles. The van der Waals surface area contributed by atoms with Crippen LogP contribution in [0.1, 0.15) is 64.8 Å². The van der Waals surface area contributed by atoms with Gasteiger partial charge < -0.3 is 15.4 Å². The third kappa shape index (κ3) is 6.14. The highest BCUT2D eigenvalue weighted by atomic mass is 16.3. The molecule has 0 bridgehead atoms. The van der Waals surface area contributed by atoms with Crippen molar-refractivity contribution in [1.82, 2.24) is 15.2 Å². The summed E-state index contributed by atoms with van der Waals surface area (Å²) in [5.41, 5.74) is 6.43. The molecular weight excluding hydrogens is 520 g/mol. The Morgan fingerprint density at radius 2 is 1.57 bits per heavy atom. The zero-order chi connectivity index (χ0) is 28.9. The van der Waals surface area contributed by atoms with Crippen LogP contribution in [0.25, 0.3) is 10.9 Å². The van der Waals surface area contributed by atoms with Crippen molar-refractivity contribution in [2.24, 2.45) is 4.99 Å². The van der Waals surface area contributed by atoms with Crippen LogP contribution in [0.3, 0.4) is 0 Å². The van der Waals surface area contributed by atoms with Gasteiger partial charge in [-0.3, -0.25) is 9.69 Å². The summed E-state index contributed by atoms with van der Waals surface area (Å²) in [5.74, 6) is -0.160. The molecule has 1 aromatic heterocycles. The lowest BCUT2D eigenvalue weighted by Gasteiger charge is -2.26. The van der Waals surface area contributed by atoms with Gasteiger partial charge in [-0.25, -0.2) is 4.99 Å². The van der Waals surface area contributed by atoms with E-state index in [-0.39, 0.29) is 17.8 Å². The molecule has 0 radical (unpaired) electrons. The first-order valence-electron chi connectivity index (χ1n) is 14.7. The van der Waals surface area contributed by atoms with E-state index in [9.17, 15) is 9.90 Å². The summed E-state index contributed by atoms with van der Waals surface area (Å²) in [6.45, 7) is 5.23. The number of aliphatic imine (C=N–C) groups is 1. The largest absolute Gasteiger partial charge is 0.494 e. The Bertz CT molecular complexity index is 1690. The Hall–Kier alpha value is -4.68. The number of likely N-dealkylation sites (tertiary alicyclic amines) is 1. The van der Waals surface area contributed by atoms with Gasteiger partial charge >= 0.3 is 0 Å². The minimum absolute atomic E-state index is 0.0181. The highest BCUT2D eigenvalue weighted by molar-refractivity contribution is 6.22. The maximum Gasteiger partial charge on any atom is 0.251 e. The summed E-state index contributed by atoms with van der Waals surface area (Å²) in [6, 6.07) is 33.4. The number of aromatic amines is 1. The number of aromatic nitrogens is 1. The van der Waals surface area contributed by atoms with E-state index in [1.807, 2.05) is 91.9 Å². The van der Waals surface area contributed by atoms with Crippen LogP contribution in [0, 0.1) is 0 Å². The number of amides is 1. The minimum Gasteiger partial charge on any atom is -0.494 e. The number of hydrogen-bond donors (Lipinski definition) is 3. The maximum atomic E-state index is 13.3. The Morgan fingerprint density at radius 1 is 0.881 bits per heavy atom. The maximum absolute atomic E-state index is 13.3. The molecule has 6 nitrogen and oxygen atoms in total. The van der Waals surface area contributed by atoms with Crippen molar-refractivity contribution in [2.75, 3.05) is 13.1 Å². The molecule has 0 spiro atoms. The van der Waals surface area contributed by atoms with Crippen molar-refractivity contribution in [3.8, 4) is 5.88 Å². The third-order valence-corrected chi connectivity index (χ3v) is 8.00. The number of carbonyl (C=O) groups excluding carboxylic acids is 1. The normalized spacial score (nSPS) is 15.0.